The average Bonchev–Trinajstić information content (AvgIpc) is 3.18. The van der Waals surface area contributed by atoms with Gasteiger partial charge < -0.3 is 34.1 Å². The number of aromatic amines is 1. The van der Waals surface area contributed by atoms with Crippen molar-refractivity contribution in [2.75, 3.05) is 33.3 Å². The highest BCUT2D eigenvalue weighted by Crippen LogP contribution is 2.59. The van der Waals surface area contributed by atoms with Gasteiger partial charge in [-0.3, -0.25) is 18.9 Å². The van der Waals surface area contributed by atoms with Gasteiger partial charge in [-0.05, 0) is 24.3 Å². The largest absolute Gasteiger partial charge is 0.497 e. The molecule has 1 aliphatic heterocycles. The average molecular weight is 471 g/mol. The van der Waals surface area contributed by atoms with Crippen molar-refractivity contribution in [3.63, 3.8) is 0 Å². The molecule has 1 aromatic carbocycles. The Hall–Kier alpha value is -2.47. The Morgan fingerprint density at radius 2 is 1.91 bits per heavy atom. The van der Waals surface area contributed by atoms with E-state index in [2.05, 4.69) is 10.3 Å². The summed E-state index contributed by atoms with van der Waals surface area (Å²) in [7, 11) is -0.0535. The van der Waals surface area contributed by atoms with Crippen LogP contribution in [0.5, 0.6) is 5.75 Å². The maximum Gasteiger partial charge on any atom is 0.356 e. The molecular weight excluding hydrogens is 445 g/mol. The first-order chi connectivity index (χ1) is 15.3. The van der Waals surface area contributed by atoms with Gasteiger partial charge >= 0.3 is 13.3 Å². The Kier molecular flexibility index (Phi) is 7.55. The second-order valence-electron chi connectivity index (χ2n) is 7.05. The van der Waals surface area contributed by atoms with Crippen LogP contribution in [-0.2, 0) is 18.3 Å². The quantitative estimate of drug-likeness (QED) is 0.385. The van der Waals surface area contributed by atoms with Gasteiger partial charge in [0.05, 0.1) is 25.4 Å². The predicted octanol–water partition coefficient (Wildman–Crippen LogP) is 0.782. The van der Waals surface area contributed by atoms with Crippen LogP contribution in [-0.4, -0.2) is 59.9 Å². The first-order valence-corrected chi connectivity index (χ1v) is 11.3. The van der Waals surface area contributed by atoms with E-state index in [-0.39, 0.29) is 12.0 Å². The van der Waals surface area contributed by atoms with E-state index in [1.54, 1.807) is 24.3 Å². The van der Waals surface area contributed by atoms with E-state index in [9.17, 15) is 24.4 Å². The SMILES string of the molecule is COc1ccc(NC(c2cn([C@H]3C[C@H](O)[C@@H](CO)O3)c(=O)[nH]c2=O)P(=O)(OC)OC)cc1. The molecule has 0 spiro atoms. The number of aliphatic hydroxyl groups excluding tert-OH is 2. The van der Waals surface area contributed by atoms with Gasteiger partial charge in [0.25, 0.3) is 5.56 Å². The molecule has 0 bridgehead atoms. The van der Waals surface area contributed by atoms with Crippen molar-refractivity contribution in [2.45, 2.75) is 30.6 Å². The third-order valence-corrected chi connectivity index (χ3v) is 7.26. The lowest BCUT2D eigenvalue weighted by Gasteiger charge is -2.26. The Balaban J connectivity index is 2.06. The molecule has 0 aliphatic carbocycles. The summed E-state index contributed by atoms with van der Waals surface area (Å²) in [5, 5.41) is 22.3. The second kappa shape index (κ2) is 9.99. The number of benzene rings is 1. The molecule has 12 nitrogen and oxygen atoms in total. The summed E-state index contributed by atoms with van der Waals surface area (Å²) in [6, 6.07) is 6.62. The number of hydrogen-bond donors (Lipinski definition) is 4. The molecule has 1 fully saturated rings. The molecule has 3 rings (SSSR count). The number of anilines is 1. The zero-order chi connectivity index (χ0) is 23.5. The highest BCUT2D eigenvalue weighted by molar-refractivity contribution is 7.54. The lowest BCUT2D eigenvalue weighted by Crippen LogP contribution is -2.36. The zero-order valence-corrected chi connectivity index (χ0v) is 18.7. The second-order valence-corrected chi connectivity index (χ2v) is 9.37. The monoisotopic (exact) mass is 471 g/mol. The topological polar surface area (TPSA) is 161 Å². The molecule has 4 atom stereocenters. The minimum absolute atomic E-state index is 0.0133. The van der Waals surface area contributed by atoms with Crippen LogP contribution < -0.4 is 21.3 Å². The van der Waals surface area contributed by atoms with Crippen molar-refractivity contribution in [3.8, 4) is 5.75 Å². The van der Waals surface area contributed by atoms with Crippen LogP contribution in [0.4, 0.5) is 5.69 Å². The molecule has 13 heteroatoms. The van der Waals surface area contributed by atoms with Crippen LogP contribution >= 0.6 is 7.60 Å². The summed E-state index contributed by atoms with van der Waals surface area (Å²) in [5.74, 6) is -0.697. The molecule has 1 aliphatic rings. The summed E-state index contributed by atoms with van der Waals surface area (Å²) in [6.45, 7) is -0.438. The maximum absolute atomic E-state index is 13.3. The van der Waals surface area contributed by atoms with Crippen molar-refractivity contribution in [1.82, 2.24) is 9.55 Å². The number of rotatable bonds is 9. The van der Waals surface area contributed by atoms with Crippen molar-refractivity contribution in [1.29, 1.82) is 0 Å². The van der Waals surface area contributed by atoms with Gasteiger partial charge in [0.2, 0.25) is 0 Å². The molecular formula is C19H26N3O9P. The van der Waals surface area contributed by atoms with E-state index in [0.717, 1.165) is 4.57 Å². The minimum Gasteiger partial charge on any atom is -0.497 e. The highest BCUT2D eigenvalue weighted by atomic mass is 31.2. The Morgan fingerprint density at radius 3 is 2.44 bits per heavy atom. The van der Waals surface area contributed by atoms with Crippen LogP contribution in [0.2, 0.25) is 0 Å². The lowest BCUT2D eigenvalue weighted by molar-refractivity contribution is -0.0460. The number of nitrogens with one attached hydrogen (secondary N) is 2. The van der Waals surface area contributed by atoms with Gasteiger partial charge in [-0.2, -0.15) is 0 Å². The Bertz CT molecular complexity index is 1080. The number of H-pyrrole nitrogens is 1. The summed E-state index contributed by atoms with van der Waals surface area (Å²) < 4.78 is 35.3. The van der Waals surface area contributed by atoms with Gasteiger partial charge in [-0.1, -0.05) is 0 Å². The number of ether oxygens (including phenoxy) is 2. The van der Waals surface area contributed by atoms with Crippen LogP contribution in [0, 0.1) is 0 Å². The van der Waals surface area contributed by atoms with E-state index in [0.29, 0.717) is 11.4 Å². The van der Waals surface area contributed by atoms with E-state index >= 15 is 0 Å². The van der Waals surface area contributed by atoms with E-state index < -0.39 is 49.7 Å². The maximum atomic E-state index is 13.3. The molecule has 1 unspecified atom stereocenters. The molecule has 0 amide bonds. The van der Waals surface area contributed by atoms with Crippen molar-refractivity contribution in [3.05, 3.63) is 56.9 Å². The number of aromatic nitrogens is 2. The third-order valence-electron chi connectivity index (χ3n) is 5.20. The molecule has 0 radical (unpaired) electrons. The van der Waals surface area contributed by atoms with Gasteiger partial charge in [0.15, 0.2) is 5.78 Å². The fourth-order valence-corrected chi connectivity index (χ4v) is 4.82. The van der Waals surface area contributed by atoms with E-state index in [1.165, 1.54) is 27.5 Å². The normalized spacial score (nSPS) is 22.0. The molecule has 2 aromatic rings. The van der Waals surface area contributed by atoms with Gasteiger partial charge in [0, 0.05) is 32.5 Å². The summed E-state index contributed by atoms with van der Waals surface area (Å²) in [6.07, 6.45) is -1.62. The van der Waals surface area contributed by atoms with Gasteiger partial charge in [-0.25, -0.2) is 4.79 Å². The van der Waals surface area contributed by atoms with Crippen LogP contribution in [0.3, 0.4) is 0 Å². The third kappa shape index (κ3) is 4.80. The number of hydrogen-bond acceptors (Lipinski definition) is 10. The number of nitrogens with zero attached hydrogens (tertiary/aromatic N) is 1. The first kappa shape index (κ1) is 24.2. The predicted molar refractivity (Wildman–Crippen MR) is 114 cm³/mol. The zero-order valence-electron chi connectivity index (χ0n) is 17.8. The first-order valence-electron chi connectivity index (χ1n) is 9.67. The minimum atomic E-state index is -3.93. The fraction of sp³-hybridized carbons (Fsp3) is 0.474. The molecule has 2 heterocycles. The molecule has 1 aromatic heterocycles. The Labute approximate surface area is 183 Å². The number of aliphatic hydroxyl groups is 2. The van der Waals surface area contributed by atoms with Gasteiger partial charge in [-0.15, -0.1) is 0 Å². The van der Waals surface area contributed by atoms with Crippen molar-refractivity contribution < 1.29 is 33.3 Å². The standard InChI is InChI=1S/C19H26N3O9P/c1-28-12-6-4-11(5-7-12)20-18(32(27,29-2)30-3)13-9-22(19(26)21-17(13)25)16-8-14(24)15(10-23)31-16/h4-7,9,14-16,18,20,23-24H,8,10H2,1-3H3,(H,21,25,26)/t14-,15+,16+,18?/m0/s1. The fourth-order valence-electron chi connectivity index (χ4n) is 3.42. The Morgan fingerprint density at radius 1 is 1.25 bits per heavy atom. The lowest BCUT2D eigenvalue weighted by atomic mass is 10.2. The summed E-state index contributed by atoms with van der Waals surface area (Å²) in [5.41, 5.74) is -1.22. The number of methoxy groups -OCH3 is 1. The molecule has 32 heavy (non-hydrogen) atoms. The van der Waals surface area contributed by atoms with Crippen molar-refractivity contribution >= 4 is 13.3 Å². The molecule has 1 saturated heterocycles. The van der Waals surface area contributed by atoms with Gasteiger partial charge in [0.1, 0.15) is 18.1 Å². The van der Waals surface area contributed by atoms with Crippen LogP contribution in [0.25, 0.3) is 0 Å². The molecule has 0 saturated carbocycles. The van der Waals surface area contributed by atoms with E-state index in [1.807, 2.05) is 0 Å². The molecule has 4 N–H and O–H groups in total. The highest BCUT2D eigenvalue weighted by Gasteiger charge is 2.40. The summed E-state index contributed by atoms with van der Waals surface area (Å²) in [4.78, 5) is 27.3. The van der Waals surface area contributed by atoms with E-state index in [4.69, 9.17) is 18.5 Å². The smallest absolute Gasteiger partial charge is 0.356 e. The van der Waals surface area contributed by atoms with Crippen molar-refractivity contribution in [2.24, 2.45) is 0 Å². The van der Waals surface area contributed by atoms with Crippen LogP contribution in [0.1, 0.15) is 24.0 Å². The summed E-state index contributed by atoms with van der Waals surface area (Å²) >= 11 is 0. The van der Waals surface area contributed by atoms with Crippen LogP contribution in [0.15, 0.2) is 40.1 Å². The molecule has 176 valence electrons.